The smallest absolute Gasteiger partial charge is 0.308 e. The summed E-state index contributed by atoms with van der Waals surface area (Å²) < 4.78 is 2.04. The Morgan fingerprint density at radius 2 is 2.05 bits per heavy atom. The summed E-state index contributed by atoms with van der Waals surface area (Å²) in [5, 5.41) is 9.13. The second-order valence-corrected chi connectivity index (χ2v) is 4.62. The summed E-state index contributed by atoms with van der Waals surface area (Å²) >= 11 is 0. The van der Waals surface area contributed by atoms with E-state index in [1.54, 1.807) is 0 Å². The maximum Gasteiger partial charge on any atom is 0.308 e. The summed E-state index contributed by atoms with van der Waals surface area (Å²) in [5.74, 6) is -0.140. The van der Waals surface area contributed by atoms with E-state index in [4.69, 9.17) is 5.11 Å². The molecule has 2 aromatic rings. The first-order valence-corrected chi connectivity index (χ1v) is 6.08. The minimum absolute atomic E-state index is 0. The Kier molecular flexibility index (Phi) is 3.90. The van der Waals surface area contributed by atoms with Crippen molar-refractivity contribution in [1.29, 1.82) is 0 Å². The minimum Gasteiger partial charge on any atom is -0.481 e. The van der Waals surface area contributed by atoms with E-state index < -0.39 is 5.97 Å². The zero-order valence-corrected chi connectivity index (χ0v) is 11.1. The number of benzene rings is 1. The molecule has 1 atom stereocenters. The monoisotopic (exact) mass is 278 g/mol. The maximum atomic E-state index is 11.1. The van der Waals surface area contributed by atoms with Crippen molar-refractivity contribution in [2.45, 2.75) is 19.4 Å². The van der Waals surface area contributed by atoms with E-state index in [-0.39, 0.29) is 18.3 Å². The number of imidazole rings is 1. The molecule has 4 nitrogen and oxygen atoms in total. The number of carbonyl (C=O) groups is 1. The van der Waals surface area contributed by atoms with Crippen LogP contribution in [-0.2, 0) is 17.8 Å². The lowest BCUT2D eigenvalue weighted by Crippen LogP contribution is -2.26. The first kappa shape index (κ1) is 13.6. The topological polar surface area (TPSA) is 55.1 Å². The van der Waals surface area contributed by atoms with Gasteiger partial charge in [0.2, 0.25) is 0 Å². The van der Waals surface area contributed by atoms with E-state index in [9.17, 15) is 4.79 Å². The molecule has 0 spiro atoms. The molecule has 100 valence electrons. The average Bonchev–Trinajstić information content (AvgIpc) is 2.82. The van der Waals surface area contributed by atoms with Crippen molar-refractivity contribution in [3.8, 4) is 11.4 Å². The normalized spacial score (nSPS) is 17.4. The van der Waals surface area contributed by atoms with Gasteiger partial charge in [0.1, 0.15) is 5.82 Å². The molecule has 0 radical (unpaired) electrons. The van der Waals surface area contributed by atoms with Crippen LogP contribution in [0.1, 0.15) is 12.1 Å². The highest BCUT2D eigenvalue weighted by atomic mass is 35.5. The number of hydrogen-bond acceptors (Lipinski definition) is 2. The fourth-order valence-corrected chi connectivity index (χ4v) is 2.47. The number of carboxylic acid groups (broad SMARTS) is 1. The van der Waals surface area contributed by atoms with Crippen LogP contribution in [0.25, 0.3) is 11.4 Å². The SMILES string of the molecule is Cl.O=C(O)C1CCc2cnc(-c3ccccc3)n2C1. The van der Waals surface area contributed by atoms with Crippen LogP contribution in [0.2, 0.25) is 0 Å². The van der Waals surface area contributed by atoms with Gasteiger partial charge in [-0.05, 0) is 12.8 Å². The molecule has 0 bridgehead atoms. The molecule has 1 aromatic heterocycles. The Morgan fingerprint density at radius 1 is 1.32 bits per heavy atom. The number of carboxylic acids is 1. The summed E-state index contributed by atoms with van der Waals surface area (Å²) in [6, 6.07) is 9.90. The number of fused-ring (bicyclic) bond motifs is 1. The molecule has 1 aliphatic rings. The Morgan fingerprint density at radius 3 is 2.74 bits per heavy atom. The predicted molar refractivity (Wildman–Crippen MR) is 74.4 cm³/mol. The molecule has 2 heterocycles. The second kappa shape index (κ2) is 5.45. The highest BCUT2D eigenvalue weighted by Crippen LogP contribution is 2.27. The summed E-state index contributed by atoms with van der Waals surface area (Å²) in [4.78, 5) is 15.5. The molecule has 0 aliphatic carbocycles. The van der Waals surface area contributed by atoms with E-state index in [0.29, 0.717) is 13.0 Å². The summed E-state index contributed by atoms with van der Waals surface area (Å²) in [5.41, 5.74) is 2.17. The van der Waals surface area contributed by atoms with E-state index >= 15 is 0 Å². The van der Waals surface area contributed by atoms with Gasteiger partial charge in [0.05, 0.1) is 5.92 Å². The molecule has 1 aromatic carbocycles. The fraction of sp³-hybridized carbons (Fsp3) is 0.286. The highest BCUT2D eigenvalue weighted by molar-refractivity contribution is 5.85. The van der Waals surface area contributed by atoms with Gasteiger partial charge in [0.25, 0.3) is 0 Å². The molecule has 0 saturated carbocycles. The van der Waals surface area contributed by atoms with Gasteiger partial charge in [-0.1, -0.05) is 30.3 Å². The lowest BCUT2D eigenvalue weighted by atomic mass is 9.98. The second-order valence-electron chi connectivity index (χ2n) is 4.62. The molecule has 5 heteroatoms. The summed E-state index contributed by atoms with van der Waals surface area (Å²) in [7, 11) is 0. The van der Waals surface area contributed by atoms with Crippen LogP contribution in [-0.4, -0.2) is 20.6 Å². The number of hydrogen-bond donors (Lipinski definition) is 1. The number of rotatable bonds is 2. The van der Waals surface area contributed by atoms with Crippen molar-refractivity contribution in [2.24, 2.45) is 5.92 Å². The third kappa shape index (κ3) is 2.49. The summed E-state index contributed by atoms with van der Waals surface area (Å²) in [6.07, 6.45) is 3.35. The number of aryl methyl sites for hydroxylation is 1. The quantitative estimate of drug-likeness (QED) is 0.919. The number of aromatic nitrogens is 2. The van der Waals surface area contributed by atoms with Crippen molar-refractivity contribution < 1.29 is 9.90 Å². The Bertz CT molecular complexity index is 580. The predicted octanol–water partition coefficient (Wildman–Crippen LogP) is 2.62. The zero-order valence-electron chi connectivity index (χ0n) is 10.3. The zero-order chi connectivity index (χ0) is 12.5. The van der Waals surface area contributed by atoms with Crippen LogP contribution in [0.4, 0.5) is 0 Å². The molecule has 1 aliphatic heterocycles. The molecule has 1 N–H and O–H groups in total. The third-order valence-corrected chi connectivity index (χ3v) is 3.47. The lowest BCUT2D eigenvalue weighted by Gasteiger charge is -2.22. The van der Waals surface area contributed by atoms with Crippen molar-refractivity contribution in [2.75, 3.05) is 0 Å². The van der Waals surface area contributed by atoms with Gasteiger partial charge in [0, 0.05) is 24.0 Å². The van der Waals surface area contributed by atoms with Crippen molar-refractivity contribution >= 4 is 18.4 Å². The maximum absolute atomic E-state index is 11.1. The van der Waals surface area contributed by atoms with E-state index in [1.807, 2.05) is 41.1 Å². The Labute approximate surface area is 117 Å². The van der Waals surface area contributed by atoms with Crippen LogP contribution in [0.5, 0.6) is 0 Å². The lowest BCUT2D eigenvalue weighted by molar-refractivity contribution is -0.142. The largest absolute Gasteiger partial charge is 0.481 e. The first-order chi connectivity index (χ1) is 8.75. The molecule has 0 saturated heterocycles. The van der Waals surface area contributed by atoms with Gasteiger partial charge in [-0.25, -0.2) is 4.98 Å². The Hall–Kier alpha value is -1.81. The molecule has 0 amide bonds. The standard InChI is InChI=1S/C14H14N2O2.ClH/c17-14(18)11-6-7-12-8-15-13(16(12)9-11)10-4-2-1-3-5-10;/h1-5,8,11H,6-7,9H2,(H,17,18);1H. The summed E-state index contributed by atoms with van der Waals surface area (Å²) in [6.45, 7) is 0.523. The van der Waals surface area contributed by atoms with Gasteiger partial charge in [-0.2, -0.15) is 0 Å². The van der Waals surface area contributed by atoms with Gasteiger partial charge >= 0.3 is 5.97 Å². The fourth-order valence-electron chi connectivity index (χ4n) is 2.47. The van der Waals surface area contributed by atoms with Gasteiger partial charge in [0.15, 0.2) is 0 Å². The van der Waals surface area contributed by atoms with Crippen LogP contribution in [0.3, 0.4) is 0 Å². The van der Waals surface area contributed by atoms with Crippen LogP contribution in [0, 0.1) is 5.92 Å². The third-order valence-electron chi connectivity index (χ3n) is 3.47. The molecule has 0 fully saturated rings. The van der Waals surface area contributed by atoms with E-state index in [1.165, 1.54) is 0 Å². The molecule has 3 rings (SSSR count). The molecular formula is C14H15ClN2O2. The van der Waals surface area contributed by atoms with Crippen LogP contribution in [0.15, 0.2) is 36.5 Å². The van der Waals surface area contributed by atoms with E-state index in [0.717, 1.165) is 23.5 Å². The van der Waals surface area contributed by atoms with Crippen LogP contribution < -0.4 is 0 Å². The minimum atomic E-state index is -0.714. The molecular weight excluding hydrogens is 264 g/mol. The van der Waals surface area contributed by atoms with Crippen molar-refractivity contribution in [1.82, 2.24) is 9.55 Å². The number of nitrogens with zero attached hydrogens (tertiary/aromatic N) is 2. The van der Waals surface area contributed by atoms with Crippen LogP contribution >= 0.6 is 12.4 Å². The average molecular weight is 279 g/mol. The molecule has 19 heavy (non-hydrogen) atoms. The number of halogens is 1. The Balaban J connectivity index is 0.00000133. The number of aliphatic carboxylic acids is 1. The van der Waals surface area contributed by atoms with Crippen molar-refractivity contribution in [3.05, 3.63) is 42.2 Å². The first-order valence-electron chi connectivity index (χ1n) is 6.08. The van der Waals surface area contributed by atoms with Crippen molar-refractivity contribution in [3.63, 3.8) is 0 Å². The van der Waals surface area contributed by atoms with Gasteiger partial charge in [-0.15, -0.1) is 12.4 Å². The van der Waals surface area contributed by atoms with Gasteiger partial charge < -0.3 is 9.67 Å². The molecule has 1 unspecified atom stereocenters. The van der Waals surface area contributed by atoms with E-state index in [2.05, 4.69) is 4.98 Å². The van der Waals surface area contributed by atoms with Gasteiger partial charge in [-0.3, -0.25) is 4.79 Å². The highest BCUT2D eigenvalue weighted by Gasteiger charge is 2.26.